The number of nitrogens with one attached hydrogen (secondary N) is 2. The summed E-state index contributed by atoms with van der Waals surface area (Å²) in [7, 11) is 1.58. The van der Waals surface area contributed by atoms with Crippen LogP contribution in [0.4, 0.5) is 11.6 Å². The number of carbonyl (C=O) groups excluding carboxylic acids is 1. The number of carbonyl (C=O) groups is 1. The van der Waals surface area contributed by atoms with E-state index >= 15 is 0 Å². The molecule has 3 heterocycles. The van der Waals surface area contributed by atoms with E-state index in [4.69, 9.17) is 9.84 Å². The van der Waals surface area contributed by atoms with E-state index < -0.39 is 6.04 Å². The maximum Gasteiger partial charge on any atom is 0.255 e. The number of benzene rings is 1. The summed E-state index contributed by atoms with van der Waals surface area (Å²) in [6, 6.07) is 10.7. The standard InChI is InChI=1S/C23H26N6O2S/c1-4-5-14-32-23-27-22-25-15(2)19(20(29(22)28-23)16-10-12-24-13-11-16)21(30)26-17-8-6-7-9-18(17)31-3/h6-13,20H,4-5,14H2,1-3H3,(H,26,30)(H,25,27,28). The molecular weight excluding hydrogens is 424 g/mol. The van der Waals surface area contributed by atoms with Crippen molar-refractivity contribution in [1.82, 2.24) is 19.7 Å². The Bertz CT molecular complexity index is 1130. The average Bonchev–Trinajstić information content (AvgIpc) is 3.21. The van der Waals surface area contributed by atoms with Crippen molar-refractivity contribution in [1.29, 1.82) is 0 Å². The molecule has 2 N–H and O–H groups in total. The molecule has 0 fully saturated rings. The predicted octanol–water partition coefficient (Wildman–Crippen LogP) is 4.50. The van der Waals surface area contributed by atoms with Crippen LogP contribution in [0.1, 0.15) is 38.3 Å². The number of pyridine rings is 1. The molecule has 0 spiro atoms. The number of aromatic nitrogens is 4. The minimum atomic E-state index is -0.433. The van der Waals surface area contributed by atoms with Crippen LogP contribution in [0.25, 0.3) is 0 Å². The van der Waals surface area contributed by atoms with Gasteiger partial charge in [-0.05, 0) is 43.2 Å². The average molecular weight is 451 g/mol. The van der Waals surface area contributed by atoms with Crippen molar-refractivity contribution < 1.29 is 9.53 Å². The molecular formula is C23H26N6O2S. The van der Waals surface area contributed by atoms with E-state index in [1.165, 1.54) is 0 Å². The molecule has 1 atom stereocenters. The van der Waals surface area contributed by atoms with Gasteiger partial charge >= 0.3 is 0 Å². The van der Waals surface area contributed by atoms with Crippen molar-refractivity contribution in [3.63, 3.8) is 0 Å². The number of anilines is 2. The number of methoxy groups -OCH3 is 1. The second kappa shape index (κ2) is 9.86. The zero-order valence-electron chi connectivity index (χ0n) is 18.3. The number of unbranched alkanes of at least 4 members (excludes halogenated alkanes) is 1. The fourth-order valence-electron chi connectivity index (χ4n) is 3.59. The van der Waals surface area contributed by atoms with Gasteiger partial charge in [0.25, 0.3) is 5.91 Å². The second-order valence-electron chi connectivity index (χ2n) is 7.37. The van der Waals surface area contributed by atoms with Gasteiger partial charge in [-0.2, -0.15) is 4.98 Å². The van der Waals surface area contributed by atoms with Crippen molar-refractivity contribution in [3.05, 3.63) is 65.6 Å². The number of fused-ring (bicyclic) bond motifs is 1. The van der Waals surface area contributed by atoms with E-state index in [1.54, 1.807) is 35.9 Å². The zero-order valence-corrected chi connectivity index (χ0v) is 19.1. The third kappa shape index (κ3) is 4.47. The molecule has 1 aliphatic rings. The van der Waals surface area contributed by atoms with E-state index in [2.05, 4.69) is 27.5 Å². The summed E-state index contributed by atoms with van der Waals surface area (Å²) in [5.41, 5.74) is 2.80. The highest BCUT2D eigenvalue weighted by molar-refractivity contribution is 7.99. The molecule has 1 amide bonds. The zero-order chi connectivity index (χ0) is 22.5. The summed E-state index contributed by atoms with van der Waals surface area (Å²) >= 11 is 1.62. The Labute approximate surface area is 191 Å². The topological polar surface area (TPSA) is 94.0 Å². The summed E-state index contributed by atoms with van der Waals surface area (Å²) in [5, 5.41) is 11.7. The number of hydrogen-bond donors (Lipinski definition) is 2. The molecule has 0 bridgehead atoms. The quantitative estimate of drug-likeness (QED) is 0.385. The van der Waals surface area contributed by atoms with Gasteiger partial charge in [0.05, 0.1) is 18.4 Å². The van der Waals surface area contributed by atoms with E-state index in [-0.39, 0.29) is 5.91 Å². The lowest BCUT2D eigenvalue weighted by molar-refractivity contribution is -0.113. The highest BCUT2D eigenvalue weighted by atomic mass is 32.2. The smallest absolute Gasteiger partial charge is 0.255 e. The van der Waals surface area contributed by atoms with Crippen LogP contribution in [0.2, 0.25) is 0 Å². The Morgan fingerprint density at radius 1 is 1.25 bits per heavy atom. The highest BCUT2D eigenvalue weighted by Gasteiger charge is 2.34. The van der Waals surface area contributed by atoms with Crippen molar-refractivity contribution in [2.75, 3.05) is 23.5 Å². The minimum Gasteiger partial charge on any atom is -0.495 e. The molecule has 1 aromatic carbocycles. The van der Waals surface area contributed by atoms with Crippen LogP contribution in [-0.2, 0) is 4.79 Å². The molecule has 0 radical (unpaired) electrons. The first-order chi connectivity index (χ1) is 15.6. The largest absolute Gasteiger partial charge is 0.495 e. The van der Waals surface area contributed by atoms with Crippen LogP contribution in [0.15, 0.2) is 65.2 Å². The molecule has 8 nitrogen and oxygen atoms in total. The van der Waals surface area contributed by atoms with E-state index in [9.17, 15) is 4.79 Å². The van der Waals surface area contributed by atoms with E-state index in [1.807, 2.05) is 43.3 Å². The first-order valence-electron chi connectivity index (χ1n) is 10.5. The fraction of sp³-hybridized carbons (Fsp3) is 0.304. The summed E-state index contributed by atoms with van der Waals surface area (Å²) < 4.78 is 7.18. The van der Waals surface area contributed by atoms with Gasteiger partial charge in [0.2, 0.25) is 11.1 Å². The van der Waals surface area contributed by atoms with Gasteiger partial charge in [0.15, 0.2) is 0 Å². The van der Waals surface area contributed by atoms with E-state index in [0.717, 1.165) is 29.9 Å². The summed E-state index contributed by atoms with van der Waals surface area (Å²) in [5.74, 6) is 1.94. The van der Waals surface area contributed by atoms with Crippen LogP contribution < -0.4 is 15.4 Å². The molecule has 1 aliphatic heterocycles. The lowest BCUT2D eigenvalue weighted by Crippen LogP contribution is -2.31. The molecule has 9 heteroatoms. The number of rotatable bonds is 8. The molecule has 3 aromatic rings. The van der Waals surface area contributed by atoms with Crippen molar-refractivity contribution in [2.45, 2.75) is 37.9 Å². The Morgan fingerprint density at radius 2 is 2.03 bits per heavy atom. The van der Waals surface area contributed by atoms with Crippen LogP contribution in [-0.4, -0.2) is 38.5 Å². The van der Waals surface area contributed by atoms with Crippen LogP contribution in [0.5, 0.6) is 5.75 Å². The predicted molar refractivity (Wildman–Crippen MR) is 126 cm³/mol. The fourth-order valence-corrected chi connectivity index (χ4v) is 4.50. The number of hydrogen-bond acceptors (Lipinski definition) is 7. The Kier molecular flexibility index (Phi) is 6.75. The molecule has 0 aliphatic carbocycles. The maximum absolute atomic E-state index is 13.5. The third-order valence-electron chi connectivity index (χ3n) is 5.18. The van der Waals surface area contributed by atoms with E-state index in [0.29, 0.717) is 28.1 Å². The molecule has 166 valence electrons. The van der Waals surface area contributed by atoms with Crippen molar-refractivity contribution in [2.24, 2.45) is 0 Å². The summed E-state index contributed by atoms with van der Waals surface area (Å²) in [6.45, 7) is 4.04. The van der Waals surface area contributed by atoms with Gasteiger partial charge in [-0.25, -0.2) is 4.68 Å². The SMILES string of the molecule is CCCCSc1nc2n(n1)C(c1ccncc1)C(C(=O)Nc1ccccc1OC)=C(C)N2. The van der Waals surface area contributed by atoms with Crippen molar-refractivity contribution >= 4 is 29.3 Å². The monoisotopic (exact) mass is 450 g/mol. The Morgan fingerprint density at radius 3 is 2.78 bits per heavy atom. The Hall–Kier alpha value is -3.33. The normalized spacial score (nSPS) is 15.2. The number of ether oxygens (including phenoxy) is 1. The lowest BCUT2D eigenvalue weighted by atomic mass is 9.96. The lowest BCUT2D eigenvalue weighted by Gasteiger charge is -2.28. The third-order valence-corrected chi connectivity index (χ3v) is 6.11. The highest BCUT2D eigenvalue weighted by Crippen LogP contribution is 2.37. The first kappa shape index (κ1) is 21.9. The number of thioether (sulfide) groups is 1. The number of amides is 1. The number of para-hydroxylation sites is 2. The number of nitrogens with zero attached hydrogens (tertiary/aromatic N) is 4. The van der Waals surface area contributed by atoms with Gasteiger partial charge in [-0.3, -0.25) is 9.78 Å². The molecule has 4 rings (SSSR count). The summed E-state index contributed by atoms with van der Waals surface area (Å²) in [4.78, 5) is 22.3. The van der Waals surface area contributed by atoms with Gasteiger partial charge < -0.3 is 15.4 Å². The first-order valence-corrected chi connectivity index (χ1v) is 11.5. The van der Waals surface area contributed by atoms with Gasteiger partial charge in [-0.15, -0.1) is 5.10 Å². The van der Waals surface area contributed by atoms with Gasteiger partial charge in [-0.1, -0.05) is 37.2 Å². The minimum absolute atomic E-state index is 0.234. The molecule has 1 unspecified atom stereocenters. The Balaban J connectivity index is 1.71. The number of allylic oxidation sites excluding steroid dienone is 1. The van der Waals surface area contributed by atoms with Crippen LogP contribution in [0.3, 0.4) is 0 Å². The second-order valence-corrected chi connectivity index (χ2v) is 8.43. The molecule has 0 saturated heterocycles. The molecule has 0 saturated carbocycles. The summed E-state index contributed by atoms with van der Waals surface area (Å²) in [6.07, 6.45) is 5.65. The molecule has 2 aromatic heterocycles. The van der Waals surface area contributed by atoms with Crippen LogP contribution >= 0.6 is 11.8 Å². The maximum atomic E-state index is 13.5. The van der Waals surface area contributed by atoms with Gasteiger partial charge in [0, 0.05) is 23.8 Å². The van der Waals surface area contributed by atoms with Crippen molar-refractivity contribution in [3.8, 4) is 5.75 Å². The van der Waals surface area contributed by atoms with Crippen LogP contribution in [0, 0.1) is 0 Å². The van der Waals surface area contributed by atoms with Gasteiger partial charge in [0.1, 0.15) is 11.8 Å². The molecule has 32 heavy (non-hydrogen) atoms.